The summed E-state index contributed by atoms with van der Waals surface area (Å²) in [7, 11) is 0. The van der Waals surface area contributed by atoms with Crippen LogP contribution in [0.1, 0.15) is 18.1 Å². The van der Waals surface area contributed by atoms with Crippen LogP contribution in [0.25, 0.3) is 0 Å². The van der Waals surface area contributed by atoms with Gasteiger partial charge < -0.3 is 10.2 Å². The van der Waals surface area contributed by atoms with Crippen molar-refractivity contribution in [2.24, 2.45) is 4.99 Å². The predicted molar refractivity (Wildman–Crippen MR) is 122 cm³/mol. The van der Waals surface area contributed by atoms with Gasteiger partial charge in [0, 0.05) is 17.8 Å². The summed E-state index contributed by atoms with van der Waals surface area (Å²) in [4.78, 5) is 6.94. The zero-order chi connectivity index (χ0) is 19.6. The summed E-state index contributed by atoms with van der Waals surface area (Å²) in [5.74, 6) is 0.871. The number of nitrogens with zero attached hydrogens (tertiary/aromatic N) is 2. The second-order valence-electron chi connectivity index (χ2n) is 7.34. The highest BCUT2D eigenvalue weighted by Crippen LogP contribution is 2.34. The Morgan fingerprint density at radius 3 is 2.29 bits per heavy atom. The van der Waals surface area contributed by atoms with Gasteiger partial charge in [0.1, 0.15) is 11.4 Å². The number of thiocarbonyl (C=S) groups is 1. The Labute approximate surface area is 171 Å². The van der Waals surface area contributed by atoms with Crippen molar-refractivity contribution in [2.45, 2.75) is 25.8 Å². The van der Waals surface area contributed by atoms with Gasteiger partial charge in [-0.2, -0.15) is 0 Å². The Balaban J connectivity index is 1.75. The number of aliphatic imine (C=N–C) groups is 1. The lowest BCUT2D eigenvalue weighted by molar-refractivity contribution is 0.626. The summed E-state index contributed by atoms with van der Waals surface area (Å²) in [6.07, 6.45) is 0.792. The van der Waals surface area contributed by atoms with Crippen LogP contribution in [0, 0.1) is 6.92 Å². The average molecular weight is 386 g/mol. The first-order valence-electron chi connectivity index (χ1n) is 9.42. The normalized spacial score (nSPS) is 18.9. The fourth-order valence-electron chi connectivity index (χ4n) is 3.73. The Morgan fingerprint density at radius 2 is 1.61 bits per heavy atom. The largest absolute Gasteiger partial charge is 0.342 e. The van der Waals surface area contributed by atoms with E-state index in [9.17, 15) is 0 Å². The minimum atomic E-state index is -0.413. The number of para-hydroxylation sites is 1. The molecule has 4 heteroatoms. The van der Waals surface area contributed by atoms with E-state index < -0.39 is 5.54 Å². The third kappa shape index (κ3) is 3.56. The molecule has 0 amide bonds. The van der Waals surface area contributed by atoms with E-state index in [-0.39, 0.29) is 0 Å². The zero-order valence-electron chi connectivity index (χ0n) is 16.1. The lowest BCUT2D eigenvalue weighted by Crippen LogP contribution is -2.53. The van der Waals surface area contributed by atoms with Crippen LogP contribution >= 0.6 is 12.2 Å². The maximum atomic E-state index is 5.71. The molecule has 1 N–H and O–H groups in total. The van der Waals surface area contributed by atoms with Crippen molar-refractivity contribution in [1.82, 2.24) is 0 Å². The molecule has 1 aliphatic rings. The summed E-state index contributed by atoms with van der Waals surface area (Å²) in [5, 5.41) is 4.13. The van der Waals surface area contributed by atoms with Gasteiger partial charge in [0.2, 0.25) is 5.11 Å². The van der Waals surface area contributed by atoms with Gasteiger partial charge in [-0.3, -0.25) is 0 Å². The molecule has 3 aromatic carbocycles. The number of benzene rings is 3. The van der Waals surface area contributed by atoms with E-state index in [0.29, 0.717) is 5.11 Å². The molecule has 0 radical (unpaired) electrons. The highest BCUT2D eigenvalue weighted by Gasteiger charge is 2.45. The van der Waals surface area contributed by atoms with Crippen molar-refractivity contribution in [3.8, 4) is 0 Å². The third-order valence-corrected chi connectivity index (χ3v) is 5.36. The molecule has 0 aliphatic carbocycles. The van der Waals surface area contributed by atoms with E-state index >= 15 is 0 Å². The SMILES string of the molecule is Cc1cccc(NC2=NC(=S)N(c3ccccc3)[C@]2(C)Cc2ccccc2)c1. The number of anilines is 2. The topological polar surface area (TPSA) is 27.6 Å². The summed E-state index contributed by atoms with van der Waals surface area (Å²) in [6, 6.07) is 29.1. The van der Waals surface area contributed by atoms with Gasteiger partial charge in [-0.1, -0.05) is 60.7 Å². The molecule has 0 saturated heterocycles. The van der Waals surface area contributed by atoms with Gasteiger partial charge in [-0.05, 0) is 61.5 Å². The van der Waals surface area contributed by atoms with Crippen molar-refractivity contribution in [3.05, 3.63) is 96.1 Å². The first kappa shape index (κ1) is 18.4. The quantitative estimate of drug-likeness (QED) is 0.591. The number of aryl methyl sites for hydroxylation is 1. The lowest BCUT2D eigenvalue weighted by atomic mass is 9.89. The summed E-state index contributed by atoms with van der Waals surface area (Å²) >= 11 is 5.71. The van der Waals surface area contributed by atoms with Gasteiger partial charge >= 0.3 is 0 Å². The third-order valence-electron chi connectivity index (χ3n) is 5.09. The molecule has 0 fully saturated rings. The Bertz CT molecular complexity index is 1010. The Morgan fingerprint density at radius 1 is 0.929 bits per heavy atom. The summed E-state index contributed by atoms with van der Waals surface area (Å²) < 4.78 is 0. The summed E-state index contributed by atoms with van der Waals surface area (Å²) in [6.45, 7) is 4.29. The van der Waals surface area contributed by atoms with Crippen LogP contribution in [0.15, 0.2) is 89.9 Å². The van der Waals surface area contributed by atoms with Crippen molar-refractivity contribution in [2.75, 3.05) is 10.2 Å². The number of nitrogens with one attached hydrogen (secondary N) is 1. The van der Waals surface area contributed by atoms with E-state index in [1.165, 1.54) is 11.1 Å². The fourth-order valence-corrected chi connectivity index (χ4v) is 4.13. The van der Waals surface area contributed by atoms with E-state index in [4.69, 9.17) is 17.2 Å². The molecule has 1 aliphatic heterocycles. The van der Waals surface area contributed by atoms with Gasteiger partial charge in [-0.25, -0.2) is 4.99 Å². The van der Waals surface area contributed by atoms with Gasteiger partial charge in [0.25, 0.3) is 0 Å². The molecule has 0 unspecified atom stereocenters. The highest BCUT2D eigenvalue weighted by molar-refractivity contribution is 7.80. The van der Waals surface area contributed by atoms with E-state index in [0.717, 1.165) is 23.6 Å². The smallest absolute Gasteiger partial charge is 0.202 e. The predicted octanol–water partition coefficient (Wildman–Crippen LogP) is 5.61. The monoisotopic (exact) mass is 385 g/mol. The van der Waals surface area contributed by atoms with E-state index in [1.807, 2.05) is 24.3 Å². The summed E-state index contributed by atoms with van der Waals surface area (Å²) in [5.41, 5.74) is 4.11. The molecule has 0 spiro atoms. The van der Waals surface area contributed by atoms with Crippen molar-refractivity contribution < 1.29 is 0 Å². The molecular formula is C24H23N3S. The minimum Gasteiger partial charge on any atom is -0.342 e. The van der Waals surface area contributed by atoms with Crippen molar-refractivity contribution >= 4 is 34.5 Å². The number of hydrogen-bond donors (Lipinski definition) is 1. The van der Waals surface area contributed by atoms with Crippen LogP contribution in [0.4, 0.5) is 11.4 Å². The molecule has 4 rings (SSSR count). The van der Waals surface area contributed by atoms with Crippen LogP contribution in [-0.4, -0.2) is 16.5 Å². The molecule has 3 nitrogen and oxygen atoms in total. The van der Waals surface area contributed by atoms with Crippen LogP contribution in [-0.2, 0) is 6.42 Å². The Hall–Kier alpha value is -2.98. The second-order valence-corrected chi connectivity index (χ2v) is 7.71. The van der Waals surface area contributed by atoms with Crippen molar-refractivity contribution in [3.63, 3.8) is 0 Å². The lowest BCUT2D eigenvalue weighted by Gasteiger charge is -2.37. The van der Waals surface area contributed by atoms with Gasteiger partial charge in [0.15, 0.2) is 0 Å². The van der Waals surface area contributed by atoms with Crippen LogP contribution in [0.3, 0.4) is 0 Å². The molecule has 0 aromatic heterocycles. The van der Waals surface area contributed by atoms with Crippen molar-refractivity contribution in [1.29, 1.82) is 0 Å². The van der Waals surface area contributed by atoms with Crippen LogP contribution < -0.4 is 10.2 Å². The molecular weight excluding hydrogens is 362 g/mol. The van der Waals surface area contributed by atoms with Gasteiger partial charge in [-0.15, -0.1) is 0 Å². The Kier molecular flexibility index (Phi) is 4.97. The molecule has 0 saturated carbocycles. The number of amidine groups is 1. The molecule has 3 aromatic rings. The van der Waals surface area contributed by atoms with Crippen LogP contribution in [0.2, 0.25) is 0 Å². The molecule has 140 valence electrons. The molecule has 28 heavy (non-hydrogen) atoms. The first-order chi connectivity index (χ1) is 13.6. The molecule has 0 bridgehead atoms. The molecule has 1 atom stereocenters. The minimum absolute atomic E-state index is 0.413. The van der Waals surface area contributed by atoms with E-state index in [2.05, 4.69) is 84.7 Å². The maximum absolute atomic E-state index is 5.71. The second kappa shape index (κ2) is 7.56. The maximum Gasteiger partial charge on any atom is 0.202 e. The first-order valence-corrected chi connectivity index (χ1v) is 9.83. The van der Waals surface area contributed by atoms with E-state index in [1.54, 1.807) is 0 Å². The number of rotatable bonds is 4. The zero-order valence-corrected chi connectivity index (χ0v) is 16.9. The number of hydrogen-bond acceptors (Lipinski definition) is 2. The molecule has 1 heterocycles. The standard InChI is InChI=1S/C24H23N3S/c1-18-10-9-13-20(16-18)25-22-24(2,17-19-11-5-3-6-12-19)27(23(28)26-22)21-14-7-4-8-15-21/h3-16H,17H2,1-2H3,(H,25,26,28)/t24-/m1/s1. The highest BCUT2D eigenvalue weighted by atomic mass is 32.1. The van der Waals surface area contributed by atoms with Gasteiger partial charge in [0.05, 0.1) is 0 Å². The van der Waals surface area contributed by atoms with Crippen LogP contribution in [0.5, 0.6) is 0 Å². The fraction of sp³-hybridized carbons (Fsp3) is 0.167. The average Bonchev–Trinajstić information content (AvgIpc) is 2.92.